The molecule has 4 aromatic rings. The van der Waals surface area contributed by atoms with E-state index in [1.54, 1.807) is 0 Å². The Morgan fingerprint density at radius 2 is 0.417 bits per heavy atom. The molecule has 96 heavy (non-hydrogen) atoms. The van der Waals surface area contributed by atoms with Crippen LogP contribution in [0.2, 0.25) is 0 Å². The van der Waals surface area contributed by atoms with E-state index in [1.165, 1.54) is 0 Å². The summed E-state index contributed by atoms with van der Waals surface area (Å²) in [7, 11) is 0. The molecule has 53 heteroatoms. The Kier molecular flexibility index (Phi) is 21.5. The van der Waals surface area contributed by atoms with Crippen molar-refractivity contribution in [1.82, 2.24) is 24.9 Å². The van der Waals surface area contributed by atoms with Gasteiger partial charge >= 0.3 is 108 Å². The van der Waals surface area contributed by atoms with Crippen LogP contribution in [0.25, 0.3) is 33.9 Å². The van der Waals surface area contributed by atoms with Gasteiger partial charge in [-0.15, -0.1) is 4.98 Å². The predicted molar refractivity (Wildman–Crippen MR) is 215 cm³/mol. The zero-order valence-corrected chi connectivity index (χ0v) is 43.7. The number of rotatable bonds is 27. The van der Waals surface area contributed by atoms with Crippen LogP contribution >= 0.6 is 0 Å². The summed E-state index contributed by atoms with van der Waals surface area (Å²) in [5.41, 5.74) is -12.1. The van der Waals surface area contributed by atoms with Gasteiger partial charge in [-0.05, 0) is 0 Å². The largest absolute Gasteiger partial charge is 0.477 e. The zero-order chi connectivity index (χ0) is 75.1. The van der Waals surface area contributed by atoms with Gasteiger partial charge in [-0.1, -0.05) is 0 Å². The minimum absolute atomic E-state index is 0.450. The summed E-state index contributed by atoms with van der Waals surface area (Å²) in [5, 5.41) is 0. The zero-order valence-electron chi connectivity index (χ0n) is 43.7. The maximum absolute atomic E-state index is 16.0. The summed E-state index contributed by atoms with van der Waals surface area (Å²) in [5.74, 6) is -125. The molecule has 0 bridgehead atoms. The van der Waals surface area contributed by atoms with Crippen LogP contribution in [0.3, 0.4) is 0 Å². The molecule has 2 heterocycles. The lowest BCUT2D eigenvalue weighted by molar-refractivity contribution is -0.397. The van der Waals surface area contributed by atoms with Crippen molar-refractivity contribution in [2.24, 2.45) is 0 Å². The molecule has 0 aliphatic heterocycles. The van der Waals surface area contributed by atoms with Gasteiger partial charge in [0.25, 0.3) is 0 Å². The molecule has 0 radical (unpaired) electrons. The number of benzene rings is 2. The van der Waals surface area contributed by atoms with Crippen LogP contribution in [-0.2, 0) is 0 Å². The topological polar surface area (TPSA) is 101 Å². The monoisotopic (exact) mass is 1500 g/mol. The van der Waals surface area contributed by atoms with Gasteiger partial charge in [0.15, 0.2) is 58.2 Å². The molecule has 0 fully saturated rings. The third-order valence-electron chi connectivity index (χ3n) is 12.0. The highest BCUT2D eigenvalue weighted by atomic mass is 19.5. The number of aromatic nitrogens is 5. The van der Waals surface area contributed by atoms with Crippen LogP contribution in [0, 0.1) is 46.5 Å². The summed E-state index contributed by atoms with van der Waals surface area (Å²) in [6, 6.07) is -5.18. The second-order valence-corrected chi connectivity index (χ2v) is 18.4. The van der Waals surface area contributed by atoms with E-state index in [-0.39, 0.29) is 0 Å². The Morgan fingerprint density at radius 3 is 0.625 bits per heavy atom. The van der Waals surface area contributed by atoms with E-state index in [4.69, 9.17) is 0 Å². The van der Waals surface area contributed by atoms with Gasteiger partial charge in [0.1, 0.15) is 0 Å². The van der Waals surface area contributed by atoms with Crippen molar-refractivity contribution < 1.29 is 212 Å². The van der Waals surface area contributed by atoms with Crippen LogP contribution in [0.4, 0.5) is 193 Å². The van der Waals surface area contributed by atoms with Crippen molar-refractivity contribution in [2.45, 2.75) is 121 Å². The quantitative estimate of drug-likeness (QED) is 0.0427. The molecule has 546 valence electrons. The van der Waals surface area contributed by atoms with Crippen LogP contribution in [0.15, 0.2) is 6.07 Å². The number of ether oxygens (including phenoxy) is 4. The Bertz CT molecular complexity index is 3060. The smallest absolute Gasteiger partial charge is 0.460 e. The lowest BCUT2D eigenvalue weighted by Gasteiger charge is -2.33. The fourth-order valence-electron chi connectivity index (χ4n) is 6.70. The first-order valence-corrected chi connectivity index (χ1v) is 23.3. The number of nitrogens with zero attached hydrogens (tertiary/aromatic N) is 5. The SMILES string of the molecule is Fc1c(F)c(-c2c(F)c(F)c(-c3nc(OCCC(F)(F)C(F)(F)C(F)(F)C(F)(F)F)nc(OCCC(F)(F)C(F)(F)C(F)(F)C(F)(F)F)n3)c(F)c2F)c(F)c(F)c1-c1nc(OCCC(F)(F)C(F)(F)C(F)(F)C(F)(F)F)cc(OCCC(F)(F)C(F)(F)C(F)(F)C(F)(F)F)n1. The van der Waals surface area contributed by atoms with E-state index in [2.05, 4.69) is 43.9 Å². The normalized spacial score (nSPS) is 14.6. The van der Waals surface area contributed by atoms with Gasteiger partial charge in [0.2, 0.25) is 11.8 Å². The molecule has 0 amide bonds. The van der Waals surface area contributed by atoms with Gasteiger partial charge in [0.05, 0.1) is 80.4 Å². The standard InChI is InChI=1S/C43H17F44N5O4/c44-16-12(17(45)21(49)14(20(16)48)24-88-10(93-5-1-28(52,53)32(60,61)36(68,69)40(76,77)78)9-11(89-24)94-6-2-29(54,55)33(62,63)37(70,71)41(79,80)81)13-18(46)22(50)15(23(51)19(13)47)25-90-26(95-7-3-30(56,57)34(64,65)38(72,73)42(82,83)84)92-27(91-25)96-8-4-31(58,59)35(66,67)39(74,75)43(85,86)87/h9H,1-8H2. The van der Waals surface area contributed by atoms with Gasteiger partial charge in [0, 0.05) is 0 Å². The van der Waals surface area contributed by atoms with Crippen molar-refractivity contribution in [2.75, 3.05) is 26.4 Å². The van der Waals surface area contributed by atoms with Crippen molar-refractivity contribution in [3.05, 3.63) is 52.6 Å². The molecule has 0 aliphatic rings. The minimum atomic E-state index is -7.68. The number of alkyl halides is 36. The number of hydrogen-bond acceptors (Lipinski definition) is 9. The van der Waals surface area contributed by atoms with E-state index in [9.17, 15) is 158 Å². The van der Waals surface area contributed by atoms with Crippen LogP contribution in [0.5, 0.6) is 23.8 Å². The molecule has 0 N–H and O–H groups in total. The summed E-state index contributed by atoms with van der Waals surface area (Å²) >= 11 is 0. The lowest BCUT2D eigenvalue weighted by atomic mass is 9.97. The molecule has 0 aliphatic carbocycles. The van der Waals surface area contributed by atoms with Gasteiger partial charge in [-0.3, -0.25) is 0 Å². The molecule has 2 aromatic carbocycles. The minimum Gasteiger partial charge on any atom is -0.477 e. The fourth-order valence-corrected chi connectivity index (χ4v) is 6.70. The lowest BCUT2D eigenvalue weighted by Crippen LogP contribution is -2.61. The first kappa shape index (κ1) is 81.1. The van der Waals surface area contributed by atoms with E-state index in [0.29, 0.717) is 0 Å². The molecule has 0 saturated carbocycles. The highest BCUT2D eigenvalue weighted by Gasteiger charge is 2.84. The first-order chi connectivity index (χ1) is 42.6. The molecular weight excluding hydrogens is 1490 g/mol. The van der Waals surface area contributed by atoms with E-state index < -0.39 is 258 Å². The third-order valence-corrected chi connectivity index (χ3v) is 12.0. The van der Waals surface area contributed by atoms with Crippen molar-refractivity contribution in [3.63, 3.8) is 0 Å². The summed E-state index contributed by atoms with van der Waals surface area (Å²) in [6.45, 7) is -10.3. The highest BCUT2D eigenvalue weighted by Crippen LogP contribution is 2.58. The third kappa shape index (κ3) is 14.1. The molecular formula is C43H17F44N5O4. The molecule has 0 atom stereocenters. The number of halogens is 44. The van der Waals surface area contributed by atoms with E-state index in [1.807, 2.05) is 0 Å². The first-order valence-electron chi connectivity index (χ1n) is 23.3. The predicted octanol–water partition coefficient (Wildman–Crippen LogP) is 17.7. The molecule has 0 saturated heterocycles. The molecule has 0 unspecified atom stereocenters. The molecule has 0 spiro atoms. The molecule has 2 aromatic heterocycles. The fraction of sp³-hybridized carbons (Fsp3) is 0.558. The average molecular weight is 1500 g/mol. The summed E-state index contributed by atoms with van der Waals surface area (Å²) < 4.78 is 627. The van der Waals surface area contributed by atoms with Crippen LogP contribution < -0.4 is 18.9 Å². The van der Waals surface area contributed by atoms with Crippen molar-refractivity contribution >= 4 is 0 Å². The van der Waals surface area contributed by atoms with Crippen LogP contribution in [-0.4, -0.2) is 147 Å². The van der Waals surface area contributed by atoms with Crippen molar-refractivity contribution in [1.29, 1.82) is 0 Å². The Hall–Kier alpha value is -7.35. The average Bonchev–Trinajstić information content (AvgIpc) is 0.664. The van der Waals surface area contributed by atoms with Gasteiger partial charge in [-0.2, -0.15) is 178 Å². The second-order valence-electron chi connectivity index (χ2n) is 18.4. The van der Waals surface area contributed by atoms with Gasteiger partial charge < -0.3 is 18.9 Å². The molecule has 4 rings (SSSR count). The maximum atomic E-state index is 16.0. The summed E-state index contributed by atoms with van der Waals surface area (Å²) in [6.07, 6.45) is -42.8. The molecule has 9 nitrogen and oxygen atoms in total. The Balaban J connectivity index is 1.94. The van der Waals surface area contributed by atoms with Crippen LogP contribution in [0.1, 0.15) is 25.7 Å². The second kappa shape index (κ2) is 25.5. The van der Waals surface area contributed by atoms with Crippen molar-refractivity contribution in [3.8, 4) is 57.7 Å². The van der Waals surface area contributed by atoms with E-state index in [0.717, 1.165) is 0 Å². The van der Waals surface area contributed by atoms with E-state index >= 15 is 35.1 Å². The maximum Gasteiger partial charge on any atom is 0.460 e. The number of hydrogen-bond donors (Lipinski definition) is 0. The summed E-state index contributed by atoms with van der Waals surface area (Å²) in [4.78, 5) is 13.2. The Labute approximate surface area is 495 Å². The highest BCUT2D eigenvalue weighted by molar-refractivity contribution is 5.75. The van der Waals surface area contributed by atoms with Gasteiger partial charge in [-0.25, -0.2) is 35.1 Å². The Morgan fingerprint density at radius 1 is 0.229 bits per heavy atom.